The first-order valence-electron chi connectivity index (χ1n) is 8.77. The number of anilines is 1. The zero-order valence-corrected chi connectivity index (χ0v) is 14.7. The molecule has 3 aromatic heterocycles. The van der Waals surface area contributed by atoms with Gasteiger partial charge in [-0.1, -0.05) is 6.07 Å². The van der Waals surface area contributed by atoms with E-state index in [4.69, 9.17) is 4.74 Å². The van der Waals surface area contributed by atoms with E-state index in [2.05, 4.69) is 15.3 Å². The summed E-state index contributed by atoms with van der Waals surface area (Å²) in [7, 11) is 0. The fourth-order valence-electron chi connectivity index (χ4n) is 2.89. The van der Waals surface area contributed by atoms with Crippen molar-refractivity contribution < 1.29 is 18.3 Å². The van der Waals surface area contributed by atoms with E-state index in [1.807, 2.05) is 17.5 Å². The van der Waals surface area contributed by atoms with Crippen LogP contribution in [0.5, 0.6) is 5.75 Å². The number of ether oxygens (including phenoxy) is 1. The minimum atomic E-state index is -2.73. The molecule has 0 saturated heterocycles. The summed E-state index contributed by atoms with van der Waals surface area (Å²) in [5, 5.41) is 2.69. The van der Waals surface area contributed by atoms with Crippen LogP contribution >= 0.6 is 0 Å². The molecule has 140 valence electrons. The Hall–Kier alpha value is -3.03. The van der Waals surface area contributed by atoms with Crippen molar-refractivity contribution in [3.8, 4) is 5.75 Å². The number of imidazole rings is 1. The molecule has 1 amide bonds. The summed E-state index contributed by atoms with van der Waals surface area (Å²) in [6.45, 7) is 2.32. The Kier molecular flexibility index (Phi) is 4.47. The molecule has 1 N–H and O–H groups in total. The molecule has 1 saturated carbocycles. The van der Waals surface area contributed by atoms with Crippen LogP contribution < -0.4 is 10.1 Å². The Morgan fingerprint density at radius 2 is 2.15 bits per heavy atom. The largest absolute Gasteiger partial charge is 0.490 e. The lowest BCUT2D eigenvalue weighted by Gasteiger charge is -2.10. The average molecular weight is 372 g/mol. The number of pyridine rings is 2. The molecule has 0 atom stereocenters. The number of fused-ring (bicyclic) bond motifs is 1. The third-order valence-electron chi connectivity index (χ3n) is 4.32. The number of hydrogen-bond acceptors (Lipinski definition) is 4. The van der Waals surface area contributed by atoms with Gasteiger partial charge in [0.2, 0.25) is 0 Å². The van der Waals surface area contributed by atoms with Crippen LogP contribution in [0.3, 0.4) is 0 Å². The Bertz CT molecular complexity index is 999. The summed E-state index contributed by atoms with van der Waals surface area (Å²) in [6, 6.07) is 5.64. The van der Waals surface area contributed by atoms with Crippen LogP contribution in [-0.4, -0.2) is 26.9 Å². The van der Waals surface area contributed by atoms with Crippen molar-refractivity contribution in [1.29, 1.82) is 0 Å². The van der Waals surface area contributed by atoms with Crippen LogP contribution in [-0.2, 0) is 0 Å². The average Bonchev–Trinajstić information content (AvgIpc) is 3.41. The number of carbonyl (C=O) groups is 1. The molecule has 3 heterocycles. The molecule has 0 radical (unpaired) electrons. The number of carbonyl (C=O) groups excluding carboxylic acids is 1. The summed E-state index contributed by atoms with van der Waals surface area (Å²) >= 11 is 0. The van der Waals surface area contributed by atoms with E-state index in [1.165, 1.54) is 18.2 Å². The van der Waals surface area contributed by atoms with Gasteiger partial charge in [0.15, 0.2) is 11.4 Å². The summed E-state index contributed by atoms with van der Waals surface area (Å²) in [5.41, 5.74) is 1.66. The molecule has 0 aliphatic heterocycles. The highest BCUT2D eigenvalue weighted by molar-refractivity contribution is 6.03. The predicted octanol–water partition coefficient (Wildman–Crippen LogP) is 4.20. The van der Waals surface area contributed by atoms with E-state index in [1.54, 1.807) is 12.3 Å². The van der Waals surface area contributed by atoms with Gasteiger partial charge in [0.05, 0.1) is 18.0 Å². The van der Waals surface area contributed by atoms with E-state index < -0.39 is 18.0 Å². The lowest BCUT2D eigenvalue weighted by Crippen LogP contribution is -2.15. The molecule has 1 aliphatic rings. The molecule has 8 heteroatoms. The van der Waals surface area contributed by atoms with E-state index in [0.717, 1.165) is 18.5 Å². The summed E-state index contributed by atoms with van der Waals surface area (Å²) in [5.74, 6) is 0.469. The molecule has 0 aromatic carbocycles. The van der Waals surface area contributed by atoms with Crippen molar-refractivity contribution in [2.24, 2.45) is 0 Å². The van der Waals surface area contributed by atoms with Gasteiger partial charge >= 0.3 is 0 Å². The van der Waals surface area contributed by atoms with Gasteiger partial charge in [-0.15, -0.1) is 0 Å². The predicted molar refractivity (Wildman–Crippen MR) is 95.5 cm³/mol. The first-order chi connectivity index (χ1) is 13.0. The Morgan fingerprint density at radius 1 is 1.33 bits per heavy atom. The second kappa shape index (κ2) is 6.94. The minimum Gasteiger partial charge on any atom is -0.490 e. The van der Waals surface area contributed by atoms with Crippen LogP contribution in [0.4, 0.5) is 14.5 Å². The number of halogens is 2. The molecule has 0 spiro atoms. The van der Waals surface area contributed by atoms with Crippen LogP contribution in [0, 0.1) is 0 Å². The fraction of sp³-hybridized carbons (Fsp3) is 0.316. The Labute approximate surface area is 154 Å². The van der Waals surface area contributed by atoms with E-state index in [-0.39, 0.29) is 5.69 Å². The van der Waals surface area contributed by atoms with Crippen LogP contribution in [0.25, 0.3) is 5.65 Å². The number of amides is 1. The lowest BCUT2D eigenvalue weighted by molar-refractivity contribution is 0.102. The van der Waals surface area contributed by atoms with Gasteiger partial charge in [0.25, 0.3) is 12.3 Å². The molecule has 0 unspecified atom stereocenters. The maximum absolute atomic E-state index is 12.8. The highest BCUT2D eigenvalue weighted by Gasteiger charge is 2.27. The summed E-state index contributed by atoms with van der Waals surface area (Å²) < 4.78 is 33.1. The summed E-state index contributed by atoms with van der Waals surface area (Å²) in [6.07, 6.45) is 3.19. The van der Waals surface area contributed by atoms with Gasteiger partial charge in [-0.25, -0.2) is 18.7 Å². The third kappa shape index (κ3) is 3.60. The number of hydrogen-bond donors (Lipinski definition) is 1. The molecular formula is C19H18F2N4O2. The van der Waals surface area contributed by atoms with Crippen molar-refractivity contribution in [1.82, 2.24) is 14.4 Å². The number of nitrogens with one attached hydrogen (secondary N) is 1. The van der Waals surface area contributed by atoms with Gasteiger partial charge in [-0.05, 0) is 31.9 Å². The van der Waals surface area contributed by atoms with Crippen molar-refractivity contribution in [3.05, 3.63) is 53.7 Å². The maximum Gasteiger partial charge on any atom is 0.280 e. The highest BCUT2D eigenvalue weighted by Crippen LogP contribution is 2.40. The van der Waals surface area contributed by atoms with Crippen LogP contribution in [0.15, 0.2) is 36.7 Å². The number of nitrogens with zero attached hydrogens (tertiary/aromatic N) is 3. The fourth-order valence-corrected chi connectivity index (χ4v) is 2.89. The van der Waals surface area contributed by atoms with Crippen molar-refractivity contribution in [2.75, 3.05) is 11.9 Å². The zero-order chi connectivity index (χ0) is 19.0. The highest BCUT2D eigenvalue weighted by atomic mass is 19.3. The molecule has 3 aromatic rings. The van der Waals surface area contributed by atoms with Gasteiger partial charge in [-0.2, -0.15) is 0 Å². The maximum atomic E-state index is 12.8. The topological polar surface area (TPSA) is 68.5 Å². The first kappa shape index (κ1) is 17.4. The number of rotatable bonds is 6. The molecule has 1 fully saturated rings. The van der Waals surface area contributed by atoms with Crippen molar-refractivity contribution in [3.63, 3.8) is 0 Å². The molecule has 27 heavy (non-hydrogen) atoms. The zero-order valence-electron chi connectivity index (χ0n) is 14.7. The number of aromatic nitrogens is 3. The lowest BCUT2D eigenvalue weighted by atomic mass is 10.3. The first-order valence-corrected chi connectivity index (χ1v) is 8.77. The second-order valence-electron chi connectivity index (χ2n) is 6.40. The van der Waals surface area contributed by atoms with E-state index in [0.29, 0.717) is 29.6 Å². The van der Waals surface area contributed by atoms with Crippen LogP contribution in [0.1, 0.15) is 54.0 Å². The SMILES string of the molecule is CCOc1cc(NC(=O)c2cccc(C(F)F)n2)cn2cc(C3CC3)nc12. The Morgan fingerprint density at radius 3 is 2.85 bits per heavy atom. The molecule has 4 rings (SSSR count). The smallest absolute Gasteiger partial charge is 0.280 e. The quantitative estimate of drug-likeness (QED) is 0.704. The van der Waals surface area contributed by atoms with Crippen LogP contribution in [0.2, 0.25) is 0 Å². The van der Waals surface area contributed by atoms with E-state index in [9.17, 15) is 13.6 Å². The third-order valence-corrected chi connectivity index (χ3v) is 4.32. The van der Waals surface area contributed by atoms with Gasteiger partial charge in [0.1, 0.15) is 11.4 Å². The van der Waals surface area contributed by atoms with Crippen molar-refractivity contribution in [2.45, 2.75) is 32.1 Å². The Balaban J connectivity index is 1.64. The van der Waals surface area contributed by atoms with Gasteiger partial charge in [0, 0.05) is 24.4 Å². The molecular weight excluding hydrogens is 354 g/mol. The monoisotopic (exact) mass is 372 g/mol. The normalized spacial score (nSPS) is 13.9. The van der Waals surface area contributed by atoms with E-state index >= 15 is 0 Å². The standard InChI is InChI=1S/C19H18F2N4O2/c1-2-27-16-8-12(9-25-10-15(11-6-7-11)24-18(16)25)22-19(26)14-5-3-4-13(23-14)17(20)21/h3-5,8-11,17H,2,6-7H2,1H3,(H,22,26). The molecule has 1 aliphatic carbocycles. The molecule has 6 nitrogen and oxygen atoms in total. The van der Waals surface area contributed by atoms with Crippen molar-refractivity contribution >= 4 is 17.2 Å². The van der Waals surface area contributed by atoms with Gasteiger partial charge in [-0.3, -0.25) is 4.79 Å². The number of alkyl halides is 2. The second-order valence-corrected chi connectivity index (χ2v) is 6.40. The summed E-state index contributed by atoms with van der Waals surface area (Å²) in [4.78, 5) is 20.8. The molecule has 0 bridgehead atoms. The van der Waals surface area contributed by atoms with Gasteiger partial charge < -0.3 is 14.5 Å². The minimum absolute atomic E-state index is 0.0739.